The molecular weight excluding hydrogens is 186 g/mol. The molecule has 3 nitrogen and oxygen atoms in total. The van der Waals surface area contributed by atoms with Crippen LogP contribution in [-0.4, -0.2) is 16.7 Å². The largest absolute Gasteiger partial charge is 0.495 e. The van der Waals surface area contributed by atoms with Gasteiger partial charge in [0, 0.05) is 6.42 Å². The summed E-state index contributed by atoms with van der Waals surface area (Å²) in [6.45, 7) is 2.58. The zero-order chi connectivity index (χ0) is 9.26. The van der Waals surface area contributed by atoms with E-state index in [1.165, 1.54) is 11.3 Å². The van der Waals surface area contributed by atoms with Gasteiger partial charge in [0.1, 0.15) is 11.9 Å². The Morgan fingerprint density at radius 2 is 2.54 bits per heavy atom. The molecule has 1 atom stereocenters. The summed E-state index contributed by atoms with van der Waals surface area (Å²) in [4.78, 5) is 4.97. The SMILES string of the molecule is Cc1ncsc1C(O)C1=CCCO1. The molecule has 0 aromatic carbocycles. The molecule has 13 heavy (non-hydrogen) atoms. The molecule has 1 N–H and O–H groups in total. The smallest absolute Gasteiger partial charge is 0.147 e. The number of hydrogen-bond acceptors (Lipinski definition) is 4. The summed E-state index contributed by atoms with van der Waals surface area (Å²) in [5.41, 5.74) is 2.62. The Kier molecular flexibility index (Phi) is 2.33. The standard InChI is InChI=1S/C9H11NO2S/c1-6-9(13-5-10-6)8(11)7-3-2-4-12-7/h3,5,8,11H,2,4H2,1H3. The van der Waals surface area contributed by atoms with Crippen molar-refractivity contribution >= 4 is 11.3 Å². The van der Waals surface area contributed by atoms with E-state index in [1.54, 1.807) is 5.51 Å². The topological polar surface area (TPSA) is 42.4 Å². The first kappa shape index (κ1) is 8.72. The van der Waals surface area contributed by atoms with E-state index < -0.39 is 6.10 Å². The lowest BCUT2D eigenvalue weighted by atomic mass is 10.2. The van der Waals surface area contributed by atoms with Gasteiger partial charge >= 0.3 is 0 Å². The summed E-state index contributed by atoms with van der Waals surface area (Å²) in [5, 5.41) is 9.87. The quantitative estimate of drug-likeness (QED) is 0.786. The van der Waals surface area contributed by atoms with Gasteiger partial charge in [-0.05, 0) is 13.0 Å². The molecular formula is C9H11NO2S. The van der Waals surface area contributed by atoms with Crippen LogP contribution in [0.2, 0.25) is 0 Å². The van der Waals surface area contributed by atoms with E-state index in [2.05, 4.69) is 4.98 Å². The minimum absolute atomic E-state index is 0.616. The first-order chi connectivity index (χ1) is 6.29. The molecule has 0 spiro atoms. The van der Waals surface area contributed by atoms with E-state index in [-0.39, 0.29) is 0 Å². The third-order valence-electron chi connectivity index (χ3n) is 2.03. The maximum atomic E-state index is 9.87. The lowest BCUT2D eigenvalue weighted by Gasteiger charge is -2.10. The zero-order valence-electron chi connectivity index (χ0n) is 7.36. The summed E-state index contributed by atoms with van der Waals surface area (Å²) in [5.74, 6) is 0.673. The number of ether oxygens (including phenoxy) is 1. The van der Waals surface area contributed by atoms with E-state index in [4.69, 9.17) is 4.74 Å². The van der Waals surface area contributed by atoms with E-state index in [1.807, 2.05) is 13.0 Å². The van der Waals surface area contributed by atoms with Crippen molar-refractivity contribution in [1.29, 1.82) is 0 Å². The fourth-order valence-electron chi connectivity index (χ4n) is 1.33. The van der Waals surface area contributed by atoms with Crippen molar-refractivity contribution in [3.05, 3.63) is 27.9 Å². The van der Waals surface area contributed by atoms with E-state index in [0.29, 0.717) is 12.4 Å². The molecule has 0 saturated carbocycles. The summed E-state index contributed by atoms with van der Waals surface area (Å²) in [7, 11) is 0. The molecule has 1 aromatic rings. The number of aliphatic hydroxyl groups is 1. The highest BCUT2D eigenvalue weighted by Gasteiger charge is 2.21. The summed E-state index contributed by atoms with van der Waals surface area (Å²) < 4.78 is 5.28. The van der Waals surface area contributed by atoms with Crippen molar-refractivity contribution in [3.63, 3.8) is 0 Å². The molecule has 0 fully saturated rings. The van der Waals surface area contributed by atoms with Crippen molar-refractivity contribution in [1.82, 2.24) is 4.98 Å². The van der Waals surface area contributed by atoms with Crippen LogP contribution in [0.3, 0.4) is 0 Å². The third-order valence-corrected chi connectivity index (χ3v) is 3.02. The van der Waals surface area contributed by atoms with Gasteiger partial charge < -0.3 is 9.84 Å². The Labute approximate surface area is 80.7 Å². The van der Waals surface area contributed by atoms with Gasteiger partial charge in [-0.2, -0.15) is 0 Å². The average Bonchev–Trinajstić information content (AvgIpc) is 2.72. The third kappa shape index (κ3) is 1.59. The number of nitrogens with zero attached hydrogens (tertiary/aromatic N) is 1. The number of hydrogen-bond donors (Lipinski definition) is 1. The minimum atomic E-state index is -0.616. The second-order valence-corrected chi connectivity index (χ2v) is 3.83. The molecule has 0 radical (unpaired) electrons. The number of aliphatic hydroxyl groups excluding tert-OH is 1. The fraction of sp³-hybridized carbons (Fsp3) is 0.444. The molecule has 0 aliphatic carbocycles. The zero-order valence-corrected chi connectivity index (χ0v) is 8.17. The van der Waals surface area contributed by atoms with Crippen LogP contribution < -0.4 is 0 Å². The van der Waals surface area contributed by atoms with Gasteiger partial charge in [0.15, 0.2) is 0 Å². The van der Waals surface area contributed by atoms with Gasteiger partial charge in [0.2, 0.25) is 0 Å². The van der Waals surface area contributed by atoms with Crippen LogP contribution >= 0.6 is 11.3 Å². The monoisotopic (exact) mass is 197 g/mol. The summed E-state index contributed by atoms with van der Waals surface area (Å²) >= 11 is 1.46. The van der Waals surface area contributed by atoms with Crippen LogP contribution in [-0.2, 0) is 4.74 Å². The van der Waals surface area contributed by atoms with Crippen LogP contribution in [0, 0.1) is 6.92 Å². The highest BCUT2D eigenvalue weighted by Crippen LogP contribution is 2.30. The van der Waals surface area contributed by atoms with Crippen molar-refractivity contribution in [2.24, 2.45) is 0 Å². The van der Waals surface area contributed by atoms with Crippen molar-refractivity contribution < 1.29 is 9.84 Å². The maximum absolute atomic E-state index is 9.87. The highest BCUT2D eigenvalue weighted by molar-refractivity contribution is 7.09. The van der Waals surface area contributed by atoms with Gasteiger partial charge in [-0.15, -0.1) is 11.3 Å². The predicted octanol–water partition coefficient (Wildman–Crippen LogP) is 1.79. The molecule has 0 bridgehead atoms. The van der Waals surface area contributed by atoms with Gasteiger partial charge in [-0.3, -0.25) is 0 Å². The number of rotatable bonds is 2. The molecule has 1 aromatic heterocycles. The highest BCUT2D eigenvalue weighted by atomic mass is 32.1. The molecule has 1 unspecified atom stereocenters. The van der Waals surface area contributed by atoms with E-state index in [0.717, 1.165) is 17.0 Å². The lowest BCUT2D eigenvalue weighted by Crippen LogP contribution is -2.01. The fourth-order valence-corrected chi connectivity index (χ4v) is 2.12. The van der Waals surface area contributed by atoms with E-state index in [9.17, 15) is 5.11 Å². The second kappa shape index (κ2) is 3.47. The molecule has 2 rings (SSSR count). The number of aryl methyl sites for hydroxylation is 1. The van der Waals surface area contributed by atoms with Crippen molar-refractivity contribution in [2.75, 3.05) is 6.61 Å². The second-order valence-electron chi connectivity index (χ2n) is 2.95. The lowest BCUT2D eigenvalue weighted by molar-refractivity contribution is 0.120. The van der Waals surface area contributed by atoms with Gasteiger partial charge in [-0.1, -0.05) is 0 Å². The number of thiazole rings is 1. The summed E-state index contributed by atoms with van der Waals surface area (Å²) in [6, 6.07) is 0. The maximum Gasteiger partial charge on any atom is 0.147 e. The number of aromatic nitrogens is 1. The molecule has 0 saturated heterocycles. The molecule has 4 heteroatoms. The Bertz CT molecular complexity index is 332. The van der Waals surface area contributed by atoms with Crippen LogP contribution in [0.15, 0.2) is 17.3 Å². The Balaban J connectivity index is 2.21. The van der Waals surface area contributed by atoms with Crippen LogP contribution in [0.5, 0.6) is 0 Å². The first-order valence-corrected chi connectivity index (χ1v) is 5.08. The van der Waals surface area contributed by atoms with Gasteiger partial charge in [0.25, 0.3) is 0 Å². The van der Waals surface area contributed by atoms with Crippen LogP contribution in [0.1, 0.15) is 23.1 Å². The van der Waals surface area contributed by atoms with Gasteiger partial charge in [0.05, 0.1) is 22.7 Å². The normalized spacial score (nSPS) is 18.2. The molecule has 1 aliphatic heterocycles. The van der Waals surface area contributed by atoms with Crippen LogP contribution in [0.4, 0.5) is 0 Å². The van der Waals surface area contributed by atoms with Crippen molar-refractivity contribution in [2.45, 2.75) is 19.4 Å². The molecule has 1 aliphatic rings. The molecule has 0 amide bonds. The Morgan fingerprint density at radius 1 is 1.69 bits per heavy atom. The average molecular weight is 197 g/mol. The predicted molar refractivity (Wildman–Crippen MR) is 50.5 cm³/mol. The Hall–Kier alpha value is -0.870. The summed E-state index contributed by atoms with van der Waals surface area (Å²) in [6.07, 6.45) is 2.21. The van der Waals surface area contributed by atoms with E-state index >= 15 is 0 Å². The van der Waals surface area contributed by atoms with Crippen LogP contribution in [0.25, 0.3) is 0 Å². The molecule has 70 valence electrons. The minimum Gasteiger partial charge on any atom is -0.495 e. The first-order valence-electron chi connectivity index (χ1n) is 4.20. The van der Waals surface area contributed by atoms with Gasteiger partial charge in [-0.25, -0.2) is 4.98 Å². The van der Waals surface area contributed by atoms with Crippen molar-refractivity contribution in [3.8, 4) is 0 Å². The Morgan fingerprint density at radius 3 is 3.08 bits per heavy atom. The molecule has 2 heterocycles.